The Morgan fingerprint density at radius 3 is 2.47 bits per heavy atom. The smallest absolute Gasteiger partial charge is 0.271 e. The number of para-hydroxylation sites is 1. The minimum atomic E-state index is -0.539. The van der Waals surface area contributed by atoms with E-state index in [1.165, 1.54) is 12.1 Å². The Bertz CT molecular complexity index is 1230. The first-order valence-electron chi connectivity index (χ1n) is 9.18. The van der Waals surface area contributed by atoms with Crippen LogP contribution in [0.1, 0.15) is 21.5 Å². The van der Waals surface area contributed by atoms with Gasteiger partial charge in [-0.2, -0.15) is 5.10 Å². The number of amides is 1. The van der Waals surface area contributed by atoms with Crippen LogP contribution in [0.5, 0.6) is 11.5 Å². The number of phenols is 2. The minimum absolute atomic E-state index is 0.106. The SMILES string of the molecule is O=C(N/N=C/c1cn(Cc2ccc(Cl)cc2)c2ccccc12)c1cc(O)cc(O)c1. The second-order valence-corrected chi connectivity index (χ2v) is 7.23. The quantitative estimate of drug-likeness (QED) is 0.328. The molecule has 150 valence electrons. The van der Waals surface area contributed by atoms with E-state index in [1.807, 2.05) is 54.7 Å². The van der Waals surface area contributed by atoms with Crippen molar-refractivity contribution in [3.63, 3.8) is 0 Å². The molecule has 0 aliphatic heterocycles. The van der Waals surface area contributed by atoms with E-state index in [1.54, 1.807) is 6.21 Å². The first-order valence-corrected chi connectivity index (χ1v) is 9.56. The van der Waals surface area contributed by atoms with Crippen LogP contribution in [0.3, 0.4) is 0 Å². The van der Waals surface area contributed by atoms with Gasteiger partial charge in [-0.15, -0.1) is 0 Å². The Kier molecular flexibility index (Phi) is 5.41. The summed E-state index contributed by atoms with van der Waals surface area (Å²) in [5, 5.41) is 24.8. The van der Waals surface area contributed by atoms with Gasteiger partial charge in [0.1, 0.15) is 11.5 Å². The summed E-state index contributed by atoms with van der Waals surface area (Å²) >= 11 is 5.97. The molecule has 1 heterocycles. The molecule has 4 rings (SSSR count). The Morgan fingerprint density at radius 1 is 1.03 bits per heavy atom. The molecule has 7 heteroatoms. The molecule has 0 bridgehead atoms. The standard InChI is InChI=1S/C23H18ClN3O3/c24-18-7-5-15(6-8-18)13-27-14-17(21-3-1-2-4-22(21)27)12-25-26-23(30)16-9-19(28)11-20(29)10-16/h1-12,14,28-29H,13H2,(H,26,30)/b25-12+. The van der Waals surface area contributed by atoms with Crippen molar-refractivity contribution in [3.8, 4) is 11.5 Å². The monoisotopic (exact) mass is 419 g/mol. The summed E-state index contributed by atoms with van der Waals surface area (Å²) in [5.74, 6) is -0.939. The van der Waals surface area contributed by atoms with Crippen molar-refractivity contribution in [3.05, 3.63) is 94.6 Å². The first kappa shape index (κ1) is 19.5. The summed E-state index contributed by atoms with van der Waals surface area (Å²) in [6.07, 6.45) is 3.54. The number of rotatable bonds is 5. The predicted octanol–water partition coefficient (Wildman–Crippen LogP) is 4.52. The summed E-state index contributed by atoms with van der Waals surface area (Å²) < 4.78 is 2.11. The fourth-order valence-electron chi connectivity index (χ4n) is 3.25. The van der Waals surface area contributed by atoms with Crippen molar-refractivity contribution in [2.24, 2.45) is 5.10 Å². The van der Waals surface area contributed by atoms with Gasteiger partial charge in [-0.1, -0.05) is 41.9 Å². The zero-order valence-corrected chi connectivity index (χ0v) is 16.5. The lowest BCUT2D eigenvalue weighted by molar-refractivity contribution is 0.0954. The van der Waals surface area contributed by atoms with Crippen molar-refractivity contribution in [2.45, 2.75) is 6.54 Å². The zero-order chi connectivity index (χ0) is 21.1. The molecule has 0 unspecified atom stereocenters. The lowest BCUT2D eigenvalue weighted by atomic mass is 10.2. The van der Waals surface area contributed by atoms with Crippen molar-refractivity contribution in [1.29, 1.82) is 0 Å². The second-order valence-electron chi connectivity index (χ2n) is 6.79. The lowest BCUT2D eigenvalue weighted by Crippen LogP contribution is -2.17. The second kappa shape index (κ2) is 8.31. The van der Waals surface area contributed by atoms with Gasteiger partial charge in [-0.3, -0.25) is 4.79 Å². The van der Waals surface area contributed by atoms with E-state index in [2.05, 4.69) is 15.1 Å². The largest absolute Gasteiger partial charge is 0.508 e. The predicted molar refractivity (Wildman–Crippen MR) is 117 cm³/mol. The number of hydrazone groups is 1. The molecule has 0 aliphatic rings. The summed E-state index contributed by atoms with van der Waals surface area (Å²) in [5.41, 5.74) is 5.52. The van der Waals surface area contributed by atoms with Crippen LogP contribution in [0, 0.1) is 0 Å². The molecule has 0 aliphatic carbocycles. The molecule has 1 amide bonds. The van der Waals surface area contributed by atoms with Crippen molar-refractivity contribution < 1.29 is 15.0 Å². The normalized spacial score (nSPS) is 11.2. The van der Waals surface area contributed by atoms with Crippen LogP contribution >= 0.6 is 11.6 Å². The number of phenolic OH excluding ortho intramolecular Hbond substituents is 2. The number of benzene rings is 3. The number of hydrogen-bond donors (Lipinski definition) is 3. The average molecular weight is 420 g/mol. The van der Waals surface area contributed by atoms with E-state index in [0.29, 0.717) is 11.6 Å². The van der Waals surface area contributed by atoms with Gasteiger partial charge in [-0.25, -0.2) is 5.43 Å². The van der Waals surface area contributed by atoms with Gasteiger partial charge in [0, 0.05) is 45.9 Å². The van der Waals surface area contributed by atoms with Gasteiger partial charge >= 0.3 is 0 Å². The maximum atomic E-state index is 12.2. The number of halogens is 1. The summed E-state index contributed by atoms with van der Waals surface area (Å²) in [7, 11) is 0. The molecule has 0 radical (unpaired) electrons. The maximum absolute atomic E-state index is 12.2. The van der Waals surface area contributed by atoms with E-state index >= 15 is 0 Å². The van der Waals surface area contributed by atoms with E-state index < -0.39 is 5.91 Å². The highest BCUT2D eigenvalue weighted by Crippen LogP contribution is 2.22. The number of aromatic hydroxyl groups is 2. The molecule has 1 aromatic heterocycles. The summed E-state index contributed by atoms with van der Waals surface area (Å²) in [6.45, 7) is 0.667. The molecule has 6 nitrogen and oxygen atoms in total. The first-order chi connectivity index (χ1) is 14.5. The molecule has 0 fully saturated rings. The number of aromatic nitrogens is 1. The van der Waals surface area contributed by atoms with Gasteiger partial charge < -0.3 is 14.8 Å². The van der Waals surface area contributed by atoms with Crippen LogP contribution in [0.4, 0.5) is 0 Å². The van der Waals surface area contributed by atoms with Crippen LogP contribution in [-0.2, 0) is 6.54 Å². The Labute approximate surface area is 177 Å². The maximum Gasteiger partial charge on any atom is 0.271 e. The molecular formula is C23H18ClN3O3. The number of hydrogen-bond acceptors (Lipinski definition) is 4. The third kappa shape index (κ3) is 4.29. The van der Waals surface area contributed by atoms with Gasteiger partial charge in [0.2, 0.25) is 0 Å². The van der Waals surface area contributed by atoms with Gasteiger partial charge in [0.25, 0.3) is 5.91 Å². The number of carbonyl (C=O) groups excluding carboxylic acids is 1. The van der Waals surface area contributed by atoms with E-state index in [9.17, 15) is 15.0 Å². The molecule has 30 heavy (non-hydrogen) atoms. The van der Waals surface area contributed by atoms with Crippen LogP contribution in [-0.4, -0.2) is 26.9 Å². The molecule has 0 saturated heterocycles. The van der Waals surface area contributed by atoms with E-state index in [-0.39, 0.29) is 17.1 Å². The van der Waals surface area contributed by atoms with E-state index in [0.717, 1.165) is 28.1 Å². The fourth-order valence-corrected chi connectivity index (χ4v) is 3.37. The Morgan fingerprint density at radius 2 is 1.73 bits per heavy atom. The molecule has 0 saturated carbocycles. The number of fused-ring (bicyclic) bond motifs is 1. The third-order valence-electron chi connectivity index (χ3n) is 4.62. The third-order valence-corrected chi connectivity index (χ3v) is 4.87. The Hall–Kier alpha value is -3.77. The summed E-state index contributed by atoms with van der Waals surface area (Å²) in [4.78, 5) is 12.2. The van der Waals surface area contributed by atoms with Gasteiger partial charge in [0.15, 0.2) is 0 Å². The van der Waals surface area contributed by atoms with Crippen LogP contribution in [0.15, 0.2) is 78.0 Å². The number of nitrogens with one attached hydrogen (secondary N) is 1. The van der Waals surface area contributed by atoms with Crippen molar-refractivity contribution in [2.75, 3.05) is 0 Å². The fraction of sp³-hybridized carbons (Fsp3) is 0.0435. The minimum Gasteiger partial charge on any atom is -0.508 e. The molecule has 4 aromatic rings. The topological polar surface area (TPSA) is 86.9 Å². The molecule has 0 atom stereocenters. The van der Waals surface area contributed by atoms with Crippen LogP contribution in [0.2, 0.25) is 5.02 Å². The molecule has 0 spiro atoms. The highest BCUT2D eigenvalue weighted by molar-refractivity contribution is 6.30. The van der Waals surface area contributed by atoms with Crippen molar-refractivity contribution >= 4 is 34.6 Å². The van der Waals surface area contributed by atoms with Crippen LogP contribution < -0.4 is 5.43 Å². The summed E-state index contributed by atoms with van der Waals surface area (Å²) in [6, 6.07) is 19.3. The number of nitrogens with zero attached hydrogens (tertiary/aromatic N) is 2. The Balaban J connectivity index is 1.56. The van der Waals surface area contributed by atoms with Crippen LogP contribution in [0.25, 0.3) is 10.9 Å². The molecule has 3 aromatic carbocycles. The van der Waals surface area contributed by atoms with E-state index in [4.69, 9.17) is 11.6 Å². The molecular weight excluding hydrogens is 402 g/mol. The van der Waals surface area contributed by atoms with Crippen molar-refractivity contribution in [1.82, 2.24) is 9.99 Å². The van der Waals surface area contributed by atoms with Gasteiger partial charge in [0.05, 0.1) is 6.21 Å². The molecule has 3 N–H and O–H groups in total. The highest BCUT2D eigenvalue weighted by Gasteiger charge is 2.09. The van der Waals surface area contributed by atoms with Gasteiger partial charge in [-0.05, 0) is 35.9 Å². The lowest BCUT2D eigenvalue weighted by Gasteiger charge is -2.05. The average Bonchev–Trinajstić information content (AvgIpc) is 3.06. The zero-order valence-electron chi connectivity index (χ0n) is 15.8. The number of carbonyl (C=O) groups is 1. The highest BCUT2D eigenvalue weighted by atomic mass is 35.5.